The van der Waals surface area contributed by atoms with Gasteiger partial charge in [0.05, 0.1) is 6.34 Å². The zero-order valence-electron chi connectivity index (χ0n) is 8.81. The second-order valence-corrected chi connectivity index (χ2v) is 3.59. The van der Waals surface area contributed by atoms with Crippen LogP contribution in [-0.4, -0.2) is 16.6 Å². The third-order valence-electron chi connectivity index (χ3n) is 2.44. The second-order valence-electron chi connectivity index (χ2n) is 3.59. The summed E-state index contributed by atoms with van der Waals surface area (Å²) in [5.74, 6) is 0.103. The molecule has 0 spiro atoms. The number of aliphatic imine (C=N–C) groups is 1. The lowest BCUT2D eigenvalue weighted by Gasteiger charge is -2.07. The molecule has 0 atom stereocenters. The molecule has 0 aromatic heterocycles. The number of aryl methyl sites for hydroxylation is 1. The van der Waals surface area contributed by atoms with Crippen molar-refractivity contribution in [2.45, 2.75) is 6.92 Å². The van der Waals surface area contributed by atoms with Crippen molar-refractivity contribution in [2.24, 2.45) is 10.7 Å². The van der Waals surface area contributed by atoms with Crippen LogP contribution in [0.25, 0.3) is 10.8 Å². The van der Waals surface area contributed by atoms with Crippen molar-refractivity contribution in [2.75, 3.05) is 0 Å². The third kappa shape index (κ3) is 1.54. The van der Waals surface area contributed by atoms with Gasteiger partial charge in [-0.2, -0.15) is 0 Å². The van der Waals surface area contributed by atoms with Gasteiger partial charge in [0.15, 0.2) is 0 Å². The van der Waals surface area contributed by atoms with Crippen LogP contribution in [0.15, 0.2) is 29.3 Å². The Balaban J connectivity index is 2.84. The molecule has 0 amide bonds. The molecular formula is C12H12N2O2. The quantitative estimate of drug-likeness (QED) is 0.388. The molecule has 4 N–H and O–H groups in total. The molecule has 0 radical (unpaired) electrons. The van der Waals surface area contributed by atoms with Gasteiger partial charge in [0.25, 0.3) is 0 Å². The van der Waals surface area contributed by atoms with Crippen LogP contribution in [0.1, 0.15) is 5.56 Å². The Morgan fingerprint density at radius 1 is 1.19 bits per heavy atom. The SMILES string of the molecule is Cc1ccc2c(O)c(N=CN)cc(O)c2c1. The number of fused-ring (bicyclic) bond motifs is 1. The number of phenolic OH excluding ortho intramolecular Hbond substituents is 2. The first-order chi connectivity index (χ1) is 7.63. The fraction of sp³-hybridized carbons (Fsp3) is 0.0833. The number of rotatable bonds is 1. The summed E-state index contributed by atoms with van der Waals surface area (Å²) < 4.78 is 0. The van der Waals surface area contributed by atoms with Gasteiger partial charge >= 0.3 is 0 Å². The zero-order valence-corrected chi connectivity index (χ0v) is 8.81. The Kier molecular flexibility index (Phi) is 2.40. The first-order valence-corrected chi connectivity index (χ1v) is 4.83. The third-order valence-corrected chi connectivity index (χ3v) is 2.44. The summed E-state index contributed by atoms with van der Waals surface area (Å²) in [6, 6.07) is 6.80. The Hall–Kier alpha value is -2.23. The molecule has 0 aliphatic heterocycles. The molecule has 0 bridgehead atoms. The maximum atomic E-state index is 9.92. The van der Waals surface area contributed by atoms with Crippen molar-refractivity contribution in [1.29, 1.82) is 0 Å². The number of phenols is 2. The van der Waals surface area contributed by atoms with Gasteiger partial charge in [-0.25, -0.2) is 4.99 Å². The summed E-state index contributed by atoms with van der Waals surface area (Å²) >= 11 is 0. The van der Waals surface area contributed by atoms with Crippen molar-refractivity contribution >= 4 is 22.8 Å². The van der Waals surface area contributed by atoms with Crippen LogP contribution in [0.4, 0.5) is 5.69 Å². The predicted molar refractivity (Wildman–Crippen MR) is 64.4 cm³/mol. The van der Waals surface area contributed by atoms with Crippen LogP contribution >= 0.6 is 0 Å². The van der Waals surface area contributed by atoms with Crippen LogP contribution in [0.2, 0.25) is 0 Å². The number of hydrogen-bond donors (Lipinski definition) is 3. The molecule has 0 fully saturated rings. The Morgan fingerprint density at radius 3 is 2.62 bits per heavy atom. The standard InChI is InChI=1S/C12H12N2O2/c1-7-2-3-8-9(4-7)11(15)5-10(12(8)16)14-6-13/h2-6,15-16H,1H3,(H2,13,14). The molecule has 0 saturated heterocycles. The van der Waals surface area contributed by atoms with Crippen molar-refractivity contribution in [3.05, 3.63) is 29.8 Å². The van der Waals surface area contributed by atoms with E-state index < -0.39 is 0 Å². The summed E-state index contributed by atoms with van der Waals surface area (Å²) in [5, 5.41) is 20.9. The summed E-state index contributed by atoms with van der Waals surface area (Å²) in [4.78, 5) is 3.78. The molecule has 0 unspecified atom stereocenters. The zero-order chi connectivity index (χ0) is 11.7. The van der Waals surface area contributed by atoms with Gasteiger partial charge in [-0.15, -0.1) is 0 Å². The molecule has 0 aliphatic rings. The lowest BCUT2D eigenvalue weighted by molar-refractivity contribution is 0.471. The molecule has 82 valence electrons. The van der Waals surface area contributed by atoms with Crippen molar-refractivity contribution < 1.29 is 10.2 Å². The van der Waals surface area contributed by atoms with Gasteiger partial charge in [-0.3, -0.25) is 0 Å². The average molecular weight is 216 g/mol. The molecule has 4 heteroatoms. The van der Waals surface area contributed by atoms with Crippen LogP contribution in [-0.2, 0) is 0 Å². The van der Waals surface area contributed by atoms with E-state index in [1.54, 1.807) is 12.1 Å². The van der Waals surface area contributed by atoms with Gasteiger partial charge in [-0.05, 0) is 13.0 Å². The number of nitrogens with zero attached hydrogens (tertiary/aromatic N) is 1. The van der Waals surface area contributed by atoms with E-state index >= 15 is 0 Å². The highest BCUT2D eigenvalue weighted by Crippen LogP contribution is 2.40. The van der Waals surface area contributed by atoms with Gasteiger partial charge in [-0.1, -0.05) is 17.7 Å². The predicted octanol–water partition coefficient (Wildman–Crippen LogP) is 2.18. The highest BCUT2D eigenvalue weighted by Gasteiger charge is 2.09. The normalized spacial score (nSPS) is 11.3. The van der Waals surface area contributed by atoms with E-state index in [1.165, 1.54) is 6.07 Å². The van der Waals surface area contributed by atoms with E-state index in [-0.39, 0.29) is 17.2 Å². The monoisotopic (exact) mass is 216 g/mol. The van der Waals surface area contributed by atoms with E-state index in [4.69, 9.17) is 5.73 Å². The second kappa shape index (κ2) is 3.73. The largest absolute Gasteiger partial charge is 0.507 e. The van der Waals surface area contributed by atoms with E-state index in [9.17, 15) is 10.2 Å². The minimum Gasteiger partial charge on any atom is -0.507 e. The van der Waals surface area contributed by atoms with Gasteiger partial charge in [0.2, 0.25) is 0 Å². The molecule has 2 aromatic carbocycles. The molecule has 4 nitrogen and oxygen atoms in total. The smallest absolute Gasteiger partial charge is 0.149 e. The lowest BCUT2D eigenvalue weighted by atomic mass is 10.0. The van der Waals surface area contributed by atoms with Crippen LogP contribution in [0, 0.1) is 6.92 Å². The summed E-state index contributed by atoms with van der Waals surface area (Å²) in [6.45, 7) is 1.92. The van der Waals surface area contributed by atoms with Crippen LogP contribution in [0.5, 0.6) is 11.5 Å². The van der Waals surface area contributed by atoms with Crippen LogP contribution < -0.4 is 5.73 Å². The number of hydrogen-bond acceptors (Lipinski definition) is 3. The Bertz CT molecular complexity index is 577. The molecule has 0 aliphatic carbocycles. The van der Waals surface area contributed by atoms with Gasteiger partial charge in [0, 0.05) is 16.8 Å². The van der Waals surface area contributed by atoms with Crippen molar-refractivity contribution in [3.8, 4) is 11.5 Å². The number of nitrogens with two attached hydrogens (primary N) is 1. The first-order valence-electron chi connectivity index (χ1n) is 4.83. The summed E-state index contributed by atoms with van der Waals surface area (Å²) in [7, 11) is 0. The van der Waals surface area contributed by atoms with Crippen molar-refractivity contribution in [1.82, 2.24) is 0 Å². The van der Waals surface area contributed by atoms with Crippen LogP contribution in [0.3, 0.4) is 0 Å². The first kappa shape index (κ1) is 10.3. The van der Waals surface area contributed by atoms with E-state index in [2.05, 4.69) is 4.99 Å². The minimum absolute atomic E-state index is 0.0227. The number of aromatic hydroxyl groups is 2. The summed E-state index contributed by atoms with van der Waals surface area (Å²) in [5.41, 5.74) is 6.44. The molecule has 0 saturated carbocycles. The maximum Gasteiger partial charge on any atom is 0.149 e. The average Bonchev–Trinajstić information content (AvgIpc) is 2.26. The van der Waals surface area contributed by atoms with Crippen molar-refractivity contribution in [3.63, 3.8) is 0 Å². The molecular weight excluding hydrogens is 204 g/mol. The van der Waals surface area contributed by atoms with E-state index in [1.807, 2.05) is 13.0 Å². The maximum absolute atomic E-state index is 9.92. The molecule has 2 rings (SSSR count). The van der Waals surface area contributed by atoms with E-state index in [0.29, 0.717) is 10.8 Å². The summed E-state index contributed by atoms with van der Waals surface area (Å²) in [6.07, 6.45) is 1.08. The topological polar surface area (TPSA) is 78.8 Å². The highest BCUT2D eigenvalue weighted by molar-refractivity contribution is 5.97. The van der Waals surface area contributed by atoms with Gasteiger partial charge < -0.3 is 15.9 Å². The fourth-order valence-electron chi connectivity index (χ4n) is 1.67. The van der Waals surface area contributed by atoms with E-state index in [0.717, 1.165) is 11.9 Å². The Labute approximate surface area is 92.7 Å². The van der Waals surface area contributed by atoms with Gasteiger partial charge in [0.1, 0.15) is 17.2 Å². The number of benzene rings is 2. The fourth-order valence-corrected chi connectivity index (χ4v) is 1.67. The molecule has 0 heterocycles. The lowest BCUT2D eigenvalue weighted by Crippen LogP contribution is -1.87. The molecule has 2 aromatic rings. The highest BCUT2D eigenvalue weighted by atomic mass is 16.3. The molecule has 16 heavy (non-hydrogen) atoms. The minimum atomic E-state index is 0.0227. The Morgan fingerprint density at radius 2 is 1.94 bits per heavy atom.